The Balaban J connectivity index is 2.52. The molecule has 11 heavy (non-hydrogen) atoms. The third-order valence-electron chi connectivity index (χ3n) is 2.44. The van der Waals surface area contributed by atoms with Crippen LogP contribution in [0.5, 0.6) is 0 Å². The van der Waals surface area contributed by atoms with E-state index in [1.165, 1.54) is 21.6 Å². The van der Waals surface area contributed by atoms with E-state index in [1.54, 1.807) is 0 Å². The maximum atomic E-state index is 2.30. The Hall–Kier alpha value is -1.30. The van der Waals surface area contributed by atoms with Crippen LogP contribution in [0.4, 0.5) is 0 Å². The summed E-state index contributed by atoms with van der Waals surface area (Å²) in [7, 11) is 0. The van der Waals surface area contributed by atoms with E-state index in [9.17, 15) is 0 Å². The number of benzene rings is 1. The smallest absolute Gasteiger partial charge is 0.00823 e. The average Bonchev–Trinajstić information content (AvgIpc) is 2.40. The fourth-order valence-corrected chi connectivity index (χ4v) is 1.70. The number of fused-ring (bicyclic) bond motifs is 2. The lowest BCUT2D eigenvalue weighted by molar-refractivity contribution is 1.19. The molecule has 0 heteroatoms. The topological polar surface area (TPSA) is 0 Å². The Labute approximate surface area is 65.2 Å². The molecule has 0 nitrogen and oxygen atoms in total. The molecule has 0 N–H and O–H groups in total. The van der Waals surface area contributed by atoms with Gasteiger partial charge in [0.25, 0.3) is 0 Å². The highest BCUT2D eigenvalue weighted by Gasteiger charge is 2.05. The van der Waals surface area contributed by atoms with Gasteiger partial charge in [-0.2, -0.15) is 0 Å². The molecule has 0 saturated heterocycles. The summed E-state index contributed by atoms with van der Waals surface area (Å²) in [6, 6.07) is 4.57. The van der Waals surface area contributed by atoms with E-state index in [1.807, 2.05) is 0 Å². The minimum Gasteiger partial charge on any atom is -0.0725 e. The zero-order chi connectivity index (χ0) is 7.26. The summed E-state index contributed by atoms with van der Waals surface area (Å²) in [5.74, 6) is 0. The van der Waals surface area contributed by atoms with Crippen molar-refractivity contribution in [2.24, 2.45) is 0 Å². The minimum atomic E-state index is 1.16. The molecule has 2 aliphatic rings. The first kappa shape index (κ1) is 5.36. The second-order valence-electron chi connectivity index (χ2n) is 3.11. The van der Waals surface area contributed by atoms with Crippen molar-refractivity contribution in [3.05, 3.63) is 39.8 Å². The van der Waals surface area contributed by atoms with E-state index in [2.05, 4.69) is 36.4 Å². The van der Waals surface area contributed by atoms with Crippen molar-refractivity contribution in [2.75, 3.05) is 0 Å². The van der Waals surface area contributed by atoms with Gasteiger partial charge in [0.2, 0.25) is 0 Å². The molecular weight excluding hydrogens is 132 g/mol. The van der Waals surface area contributed by atoms with Crippen molar-refractivity contribution in [1.29, 1.82) is 0 Å². The molecule has 52 valence electrons. The SMILES string of the molecule is C1=Cc2cc3c(cc2=C1)CC=3. The maximum Gasteiger partial charge on any atom is -0.00823 e. The monoisotopic (exact) mass is 140 g/mol. The molecule has 0 saturated carbocycles. The molecule has 0 amide bonds. The quantitative estimate of drug-likeness (QED) is 0.500. The largest absolute Gasteiger partial charge is 0.0725 e. The highest BCUT2D eigenvalue weighted by atomic mass is 14.1. The second-order valence-corrected chi connectivity index (χ2v) is 3.11. The number of hydrogen-bond donors (Lipinski definition) is 0. The number of rotatable bonds is 0. The van der Waals surface area contributed by atoms with Gasteiger partial charge in [0.15, 0.2) is 0 Å². The lowest BCUT2D eigenvalue weighted by atomic mass is 9.96. The van der Waals surface area contributed by atoms with Gasteiger partial charge in [-0.05, 0) is 34.1 Å². The molecule has 1 aromatic carbocycles. The molecule has 1 aromatic rings. The first-order valence-corrected chi connectivity index (χ1v) is 3.95. The van der Waals surface area contributed by atoms with Crippen LogP contribution >= 0.6 is 0 Å². The van der Waals surface area contributed by atoms with Crippen molar-refractivity contribution in [1.82, 2.24) is 0 Å². The molecule has 0 atom stereocenters. The molecule has 0 radical (unpaired) electrons. The lowest BCUT2D eigenvalue weighted by Gasteiger charge is -2.08. The Bertz CT molecular complexity index is 462. The lowest BCUT2D eigenvalue weighted by Crippen LogP contribution is -2.23. The van der Waals surface area contributed by atoms with Gasteiger partial charge in [0.1, 0.15) is 0 Å². The summed E-state index contributed by atoms with van der Waals surface area (Å²) in [6.45, 7) is 0. The molecule has 0 heterocycles. The van der Waals surface area contributed by atoms with Crippen LogP contribution < -0.4 is 10.4 Å². The van der Waals surface area contributed by atoms with Crippen LogP contribution in [0.3, 0.4) is 0 Å². The summed E-state index contributed by atoms with van der Waals surface area (Å²) in [5.41, 5.74) is 2.88. The summed E-state index contributed by atoms with van der Waals surface area (Å²) < 4.78 is 0. The Kier molecular flexibility index (Phi) is 0.803. The fourth-order valence-electron chi connectivity index (χ4n) is 1.70. The van der Waals surface area contributed by atoms with Crippen molar-refractivity contribution in [3.63, 3.8) is 0 Å². The third-order valence-corrected chi connectivity index (χ3v) is 2.44. The van der Waals surface area contributed by atoms with Gasteiger partial charge in [-0.3, -0.25) is 0 Å². The van der Waals surface area contributed by atoms with Gasteiger partial charge in [0.05, 0.1) is 0 Å². The molecule has 0 unspecified atom stereocenters. The standard InChI is InChI=1S/C11H8/c1-2-8-6-10-4-5-11(10)7-9(8)3-1/h1-4,6-7H,5H2. The highest BCUT2D eigenvalue weighted by molar-refractivity contribution is 5.68. The molecule has 0 bridgehead atoms. The van der Waals surface area contributed by atoms with Crippen LogP contribution in [-0.2, 0) is 6.42 Å². The average molecular weight is 140 g/mol. The van der Waals surface area contributed by atoms with Crippen LogP contribution in [0.1, 0.15) is 11.1 Å². The minimum absolute atomic E-state index is 1.16. The van der Waals surface area contributed by atoms with Crippen molar-refractivity contribution in [3.8, 4) is 0 Å². The Morgan fingerprint density at radius 3 is 2.91 bits per heavy atom. The van der Waals surface area contributed by atoms with Gasteiger partial charge in [-0.25, -0.2) is 0 Å². The van der Waals surface area contributed by atoms with E-state index in [-0.39, 0.29) is 0 Å². The molecule has 2 aliphatic carbocycles. The first-order valence-electron chi connectivity index (χ1n) is 3.95. The van der Waals surface area contributed by atoms with E-state index in [0.29, 0.717) is 0 Å². The van der Waals surface area contributed by atoms with E-state index >= 15 is 0 Å². The molecule has 3 rings (SSSR count). The van der Waals surface area contributed by atoms with Crippen LogP contribution in [0.2, 0.25) is 0 Å². The Morgan fingerprint density at radius 1 is 1.09 bits per heavy atom. The predicted octanol–water partition coefficient (Wildman–Crippen LogP) is 0.831. The molecule has 0 fully saturated rings. The highest BCUT2D eigenvalue weighted by Crippen LogP contribution is 2.06. The van der Waals surface area contributed by atoms with Crippen molar-refractivity contribution < 1.29 is 0 Å². The Morgan fingerprint density at radius 2 is 2.09 bits per heavy atom. The predicted molar refractivity (Wildman–Crippen MR) is 47.4 cm³/mol. The molecule has 0 aliphatic heterocycles. The number of hydrogen-bond acceptors (Lipinski definition) is 0. The molecule has 0 aromatic heterocycles. The summed E-state index contributed by atoms with van der Waals surface area (Å²) in [6.07, 6.45) is 9.90. The van der Waals surface area contributed by atoms with Crippen LogP contribution in [0.25, 0.3) is 18.2 Å². The van der Waals surface area contributed by atoms with Crippen LogP contribution in [0.15, 0.2) is 18.2 Å². The normalized spacial score (nSPS) is 16.0. The van der Waals surface area contributed by atoms with Gasteiger partial charge in [0, 0.05) is 0 Å². The maximum absolute atomic E-state index is 2.30. The third kappa shape index (κ3) is 0.591. The first-order chi connectivity index (χ1) is 5.43. The summed E-state index contributed by atoms with van der Waals surface area (Å²) in [5, 5.41) is 2.82. The summed E-state index contributed by atoms with van der Waals surface area (Å²) in [4.78, 5) is 0. The second kappa shape index (κ2) is 1.65. The van der Waals surface area contributed by atoms with E-state index < -0.39 is 0 Å². The van der Waals surface area contributed by atoms with E-state index in [0.717, 1.165) is 6.42 Å². The number of allylic oxidation sites excluding steroid dienone is 1. The molecule has 0 spiro atoms. The fraction of sp³-hybridized carbons (Fsp3) is 0.0909. The van der Waals surface area contributed by atoms with Crippen LogP contribution in [-0.4, -0.2) is 0 Å². The zero-order valence-corrected chi connectivity index (χ0v) is 6.17. The zero-order valence-electron chi connectivity index (χ0n) is 6.17. The van der Waals surface area contributed by atoms with Gasteiger partial charge >= 0.3 is 0 Å². The van der Waals surface area contributed by atoms with Gasteiger partial charge in [-0.1, -0.05) is 30.4 Å². The van der Waals surface area contributed by atoms with Gasteiger partial charge in [-0.15, -0.1) is 0 Å². The van der Waals surface area contributed by atoms with Crippen molar-refractivity contribution in [2.45, 2.75) is 6.42 Å². The summed E-state index contributed by atoms with van der Waals surface area (Å²) >= 11 is 0. The van der Waals surface area contributed by atoms with Crippen molar-refractivity contribution >= 4 is 18.2 Å². The van der Waals surface area contributed by atoms with Gasteiger partial charge < -0.3 is 0 Å². The van der Waals surface area contributed by atoms with Crippen LogP contribution in [0, 0.1) is 0 Å². The van der Waals surface area contributed by atoms with E-state index in [4.69, 9.17) is 0 Å². The molecular formula is C11H8.